The third-order valence-electron chi connectivity index (χ3n) is 3.21. The van der Waals surface area contributed by atoms with Crippen LogP contribution in [0.25, 0.3) is 0 Å². The first-order valence-corrected chi connectivity index (χ1v) is 6.10. The second-order valence-corrected chi connectivity index (χ2v) is 4.43. The average molecular weight is 248 g/mol. The Morgan fingerprint density at radius 1 is 1.33 bits per heavy atom. The lowest BCUT2D eigenvalue weighted by molar-refractivity contribution is -0.147. The smallest absolute Gasteiger partial charge is 0.348 e. The third kappa shape index (κ3) is 2.37. The van der Waals surface area contributed by atoms with E-state index in [2.05, 4.69) is 0 Å². The maximum Gasteiger partial charge on any atom is 0.348 e. The van der Waals surface area contributed by atoms with Crippen LogP contribution in [0.2, 0.25) is 0 Å². The monoisotopic (exact) mass is 248 g/mol. The fraction of sp³-hybridized carbons (Fsp3) is 0.429. The van der Waals surface area contributed by atoms with Crippen molar-refractivity contribution >= 4 is 11.9 Å². The number of hydrogen-bond acceptors (Lipinski definition) is 4. The molecule has 1 unspecified atom stereocenters. The summed E-state index contributed by atoms with van der Waals surface area (Å²) < 4.78 is 10.4. The van der Waals surface area contributed by atoms with Gasteiger partial charge in [-0.25, -0.2) is 9.59 Å². The van der Waals surface area contributed by atoms with E-state index < -0.39 is 18.0 Å². The Morgan fingerprint density at radius 2 is 2.00 bits per heavy atom. The fourth-order valence-electron chi connectivity index (χ4n) is 2.10. The Bertz CT molecular complexity index is 440. The second kappa shape index (κ2) is 5.21. The molecule has 18 heavy (non-hydrogen) atoms. The molecule has 1 heterocycles. The minimum atomic E-state index is -0.789. The van der Waals surface area contributed by atoms with Gasteiger partial charge in [0.25, 0.3) is 0 Å². The van der Waals surface area contributed by atoms with E-state index >= 15 is 0 Å². The molecule has 3 atom stereocenters. The topological polar surface area (TPSA) is 52.6 Å². The predicted molar refractivity (Wildman–Crippen MR) is 65.0 cm³/mol. The SMILES string of the molecule is CC[C@H]1OC(=O)C(OC(=O)c2ccccc2)[C@@H]1C. The molecule has 1 aromatic rings. The predicted octanol–water partition coefficient (Wildman–Crippen LogP) is 2.18. The first-order valence-electron chi connectivity index (χ1n) is 6.10. The number of esters is 2. The average Bonchev–Trinajstić information content (AvgIpc) is 2.67. The number of carbonyl (C=O) groups is 2. The van der Waals surface area contributed by atoms with Crippen molar-refractivity contribution in [1.82, 2.24) is 0 Å². The number of ether oxygens (including phenoxy) is 2. The summed E-state index contributed by atoms with van der Waals surface area (Å²) in [6.07, 6.45) is -0.222. The Hall–Kier alpha value is -1.84. The van der Waals surface area contributed by atoms with Crippen LogP contribution in [0.5, 0.6) is 0 Å². The number of benzene rings is 1. The molecule has 1 fully saturated rings. The van der Waals surface area contributed by atoms with Crippen LogP contribution in [-0.2, 0) is 14.3 Å². The molecule has 0 radical (unpaired) electrons. The highest BCUT2D eigenvalue weighted by atomic mass is 16.6. The van der Waals surface area contributed by atoms with Gasteiger partial charge in [-0.15, -0.1) is 0 Å². The summed E-state index contributed by atoms with van der Waals surface area (Å²) in [7, 11) is 0. The van der Waals surface area contributed by atoms with Crippen LogP contribution in [0.1, 0.15) is 30.6 Å². The zero-order valence-electron chi connectivity index (χ0n) is 10.5. The molecule has 0 N–H and O–H groups in total. The number of hydrogen-bond donors (Lipinski definition) is 0. The quantitative estimate of drug-likeness (QED) is 0.769. The summed E-state index contributed by atoms with van der Waals surface area (Å²) in [6, 6.07) is 8.63. The maximum absolute atomic E-state index is 11.9. The number of rotatable bonds is 3. The number of cyclic esters (lactones) is 1. The van der Waals surface area contributed by atoms with Gasteiger partial charge >= 0.3 is 11.9 Å². The van der Waals surface area contributed by atoms with Crippen LogP contribution in [-0.4, -0.2) is 24.1 Å². The van der Waals surface area contributed by atoms with E-state index in [1.807, 2.05) is 19.9 Å². The molecule has 0 spiro atoms. The summed E-state index contributed by atoms with van der Waals surface area (Å²) >= 11 is 0. The molecule has 1 aliphatic heterocycles. The Kier molecular flexibility index (Phi) is 3.65. The van der Waals surface area contributed by atoms with Crippen LogP contribution in [0, 0.1) is 5.92 Å². The van der Waals surface area contributed by atoms with Gasteiger partial charge in [0.1, 0.15) is 6.10 Å². The minimum absolute atomic E-state index is 0.102. The van der Waals surface area contributed by atoms with Gasteiger partial charge < -0.3 is 9.47 Å². The van der Waals surface area contributed by atoms with Crippen LogP contribution in [0.3, 0.4) is 0 Å². The summed E-state index contributed by atoms with van der Waals surface area (Å²) in [4.78, 5) is 23.5. The van der Waals surface area contributed by atoms with Gasteiger partial charge in [-0.3, -0.25) is 0 Å². The molecule has 1 aromatic carbocycles. The van der Waals surface area contributed by atoms with Crippen molar-refractivity contribution in [3.05, 3.63) is 35.9 Å². The van der Waals surface area contributed by atoms with E-state index in [-0.39, 0.29) is 12.0 Å². The van der Waals surface area contributed by atoms with Gasteiger partial charge in [0.15, 0.2) is 0 Å². The molecule has 0 bridgehead atoms. The molecule has 0 amide bonds. The summed E-state index contributed by atoms with van der Waals surface area (Å²) in [5.74, 6) is -1.03. The molecular formula is C14H16O4. The lowest BCUT2D eigenvalue weighted by Gasteiger charge is -2.15. The molecular weight excluding hydrogens is 232 g/mol. The van der Waals surface area contributed by atoms with Crippen molar-refractivity contribution < 1.29 is 19.1 Å². The van der Waals surface area contributed by atoms with Gasteiger partial charge in [0.05, 0.1) is 5.56 Å². The molecule has 1 aliphatic rings. The van der Waals surface area contributed by atoms with E-state index in [9.17, 15) is 9.59 Å². The van der Waals surface area contributed by atoms with Gasteiger partial charge in [-0.05, 0) is 18.6 Å². The van der Waals surface area contributed by atoms with Gasteiger partial charge in [-0.1, -0.05) is 32.0 Å². The lowest BCUT2D eigenvalue weighted by atomic mass is 9.99. The lowest BCUT2D eigenvalue weighted by Crippen LogP contribution is -2.28. The highest BCUT2D eigenvalue weighted by Crippen LogP contribution is 2.27. The molecule has 2 rings (SSSR count). The van der Waals surface area contributed by atoms with Crippen molar-refractivity contribution in [2.24, 2.45) is 5.92 Å². The number of carbonyl (C=O) groups excluding carboxylic acids is 2. The summed E-state index contributed by atoms with van der Waals surface area (Å²) in [6.45, 7) is 3.80. The highest BCUT2D eigenvalue weighted by Gasteiger charge is 2.43. The van der Waals surface area contributed by atoms with Crippen molar-refractivity contribution in [3.63, 3.8) is 0 Å². The van der Waals surface area contributed by atoms with E-state index in [0.717, 1.165) is 6.42 Å². The van der Waals surface area contributed by atoms with E-state index in [1.165, 1.54) is 0 Å². The van der Waals surface area contributed by atoms with E-state index in [4.69, 9.17) is 9.47 Å². The molecule has 0 saturated carbocycles. The molecule has 96 valence electrons. The van der Waals surface area contributed by atoms with Crippen LogP contribution >= 0.6 is 0 Å². The van der Waals surface area contributed by atoms with Crippen molar-refractivity contribution in [1.29, 1.82) is 0 Å². The maximum atomic E-state index is 11.9. The van der Waals surface area contributed by atoms with Crippen LogP contribution in [0.4, 0.5) is 0 Å². The minimum Gasteiger partial charge on any atom is -0.459 e. The first-order chi connectivity index (χ1) is 8.63. The van der Waals surface area contributed by atoms with Crippen LogP contribution in [0.15, 0.2) is 30.3 Å². The Balaban J connectivity index is 2.06. The zero-order valence-corrected chi connectivity index (χ0v) is 10.5. The normalized spacial score (nSPS) is 26.8. The molecule has 4 heteroatoms. The largest absolute Gasteiger partial charge is 0.459 e. The Labute approximate surface area is 106 Å². The zero-order chi connectivity index (χ0) is 13.1. The Morgan fingerprint density at radius 3 is 2.56 bits per heavy atom. The van der Waals surface area contributed by atoms with Gasteiger partial charge in [-0.2, -0.15) is 0 Å². The fourth-order valence-corrected chi connectivity index (χ4v) is 2.10. The molecule has 4 nitrogen and oxygen atoms in total. The first kappa shape index (κ1) is 12.6. The van der Waals surface area contributed by atoms with Crippen molar-refractivity contribution in [3.8, 4) is 0 Å². The molecule has 1 saturated heterocycles. The van der Waals surface area contributed by atoms with Crippen molar-refractivity contribution in [2.75, 3.05) is 0 Å². The van der Waals surface area contributed by atoms with Gasteiger partial charge in [0, 0.05) is 5.92 Å². The molecule has 0 aromatic heterocycles. The molecule has 0 aliphatic carbocycles. The summed E-state index contributed by atoms with van der Waals surface area (Å²) in [5, 5.41) is 0. The standard InChI is InChI=1S/C14H16O4/c1-3-11-9(2)12(14(16)17-11)18-13(15)10-7-5-4-6-8-10/h4-9,11-12H,3H2,1-2H3/t9-,11-,12?/m1/s1. The van der Waals surface area contributed by atoms with E-state index in [1.54, 1.807) is 24.3 Å². The van der Waals surface area contributed by atoms with E-state index in [0.29, 0.717) is 5.56 Å². The second-order valence-electron chi connectivity index (χ2n) is 4.43. The highest BCUT2D eigenvalue weighted by molar-refractivity contribution is 5.91. The van der Waals surface area contributed by atoms with Gasteiger partial charge in [0.2, 0.25) is 6.10 Å². The van der Waals surface area contributed by atoms with Crippen molar-refractivity contribution in [2.45, 2.75) is 32.5 Å². The summed E-state index contributed by atoms with van der Waals surface area (Å²) in [5.41, 5.74) is 0.442. The third-order valence-corrected chi connectivity index (χ3v) is 3.21. The van der Waals surface area contributed by atoms with Crippen LogP contribution < -0.4 is 0 Å².